The third-order valence-corrected chi connectivity index (χ3v) is 5.85. The Labute approximate surface area is 116 Å². The van der Waals surface area contributed by atoms with Gasteiger partial charge in [0, 0.05) is 10.1 Å². The number of rotatable bonds is 2. The van der Waals surface area contributed by atoms with Gasteiger partial charge in [-0.3, -0.25) is 0 Å². The topological polar surface area (TPSA) is 38.9 Å². The van der Waals surface area contributed by atoms with Gasteiger partial charge in [-0.15, -0.1) is 23.1 Å². The molecule has 1 aliphatic carbocycles. The quantitative estimate of drug-likeness (QED) is 0.819. The molecule has 1 aliphatic rings. The molecule has 1 aromatic carbocycles. The summed E-state index contributed by atoms with van der Waals surface area (Å²) in [5.41, 5.74) is 9.96. The van der Waals surface area contributed by atoms with Crippen LogP contribution in [0, 0.1) is 5.92 Å². The number of fused-ring (bicyclic) bond motifs is 1. The number of thiazole rings is 1. The number of nitrogens with two attached hydrogens (primary N) is 1. The first kappa shape index (κ1) is 12.3. The Bertz CT molecular complexity index is 550. The third kappa shape index (κ3) is 2.36. The van der Waals surface area contributed by atoms with Crippen molar-refractivity contribution in [1.82, 2.24) is 4.98 Å². The van der Waals surface area contributed by atoms with E-state index in [9.17, 15) is 0 Å². The zero-order valence-corrected chi connectivity index (χ0v) is 12.2. The SMILES string of the molecule is CC1CCCC(Sc2ccc3scnc3c2N)C1. The lowest BCUT2D eigenvalue weighted by molar-refractivity contribution is 0.394. The summed E-state index contributed by atoms with van der Waals surface area (Å²) in [6.07, 6.45) is 5.39. The average molecular weight is 278 g/mol. The second kappa shape index (κ2) is 5.10. The van der Waals surface area contributed by atoms with Crippen LogP contribution in [0.5, 0.6) is 0 Å². The van der Waals surface area contributed by atoms with E-state index in [0.29, 0.717) is 0 Å². The molecule has 2 nitrogen and oxygen atoms in total. The van der Waals surface area contributed by atoms with Crippen LogP contribution in [-0.4, -0.2) is 10.2 Å². The van der Waals surface area contributed by atoms with Crippen molar-refractivity contribution < 1.29 is 0 Å². The molecule has 1 fully saturated rings. The lowest BCUT2D eigenvalue weighted by atomic mass is 9.91. The number of anilines is 1. The van der Waals surface area contributed by atoms with Crippen LogP contribution < -0.4 is 5.73 Å². The van der Waals surface area contributed by atoms with E-state index in [1.54, 1.807) is 11.3 Å². The fraction of sp³-hybridized carbons (Fsp3) is 0.500. The summed E-state index contributed by atoms with van der Waals surface area (Å²) in [6, 6.07) is 4.32. The molecule has 18 heavy (non-hydrogen) atoms. The number of thioether (sulfide) groups is 1. The van der Waals surface area contributed by atoms with Gasteiger partial charge in [0.1, 0.15) is 5.52 Å². The Kier molecular flexibility index (Phi) is 3.48. The summed E-state index contributed by atoms with van der Waals surface area (Å²) in [5, 5.41) is 0.729. The van der Waals surface area contributed by atoms with Gasteiger partial charge in [0.25, 0.3) is 0 Å². The highest BCUT2D eigenvalue weighted by Gasteiger charge is 2.21. The number of aromatic nitrogens is 1. The van der Waals surface area contributed by atoms with E-state index < -0.39 is 0 Å². The summed E-state index contributed by atoms with van der Waals surface area (Å²) in [5.74, 6) is 0.862. The Hall–Kier alpha value is -0.740. The molecule has 0 radical (unpaired) electrons. The van der Waals surface area contributed by atoms with Crippen LogP contribution in [0.2, 0.25) is 0 Å². The summed E-state index contributed by atoms with van der Waals surface area (Å²) >= 11 is 3.61. The van der Waals surface area contributed by atoms with Gasteiger partial charge in [-0.1, -0.05) is 19.8 Å². The fourth-order valence-corrected chi connectivity index (χ4v) is 4.83. The second-order valence-electron chi connectivity index (χ2n) is 5.19. The normalized spacial score (nSPS) is 24.5. The maximum atomic E-state index is 6.24. The van der Waals surface area contributed by atoms with E-state index in [1.807, 2.05) is 17.3 Å². The molecule has 4 heteroatoms. The molecule has 96 valence electrons. The minimum absolute atomic E-state index is 0.729. The van der Waals surface area contributed by atoms with Gasteiger partial charge >= 0.3 is 0 Å². The molecular formula is C14H18N2S2. The fourth-order valence-electron chi connectivity index (χ4n) is 2.70. The summed E-state index contributed by atoms with van der Waals surface area (Å²) in [4.78, 5) is 5.58. The molecule has 0 aliphatic heterocycles. The maximum Gasteiger partial charge on any atom is 0.105 e. The van der Waals surface area contributed by atoms with E-state index in [2.05, 4.69) is 24.0 Å². The largest absolute Gasteiger partial charge is 0.396 e. The van der Waals surface area contributed by atoms with Gasteiger partial charge in [-0.2, -0.15) is 0 Å². The molecule has 3 rings (SSSR count). The minimum Gasteiger partial charge on any atom is -0.396 e. The first-order valence-corrected chi connectivity index (χ1v) is 8.28. The molecular weight excluding hydrogens is 260 g/mol. The van der Waals surface area contributed by atoms with Gasteiger partial charge in [0.2, 0.25) is 0 Å². The predicted octanol–water partition coefficient (Wildman–Crippen LogP) is 4.55. The number of hydrogen-bond acceptors (Lipinski definition) is 4. The molecule has 0 bridgehead atoms. The van der Waals surface area contributed by atoms with Crippen molar-refractivity contribution >= 4 is 39.0 Å². The lowest BCUT2D eigenvalue weighted by Gasteiger charge is -2.26. The molecule has 2 atom stereocenters. The first-order valence-electron chi connectivity index (χ1n) is 6.52. The van der Waals surface area contributed by atoms with Gasteiger partial charge in [0.15, 0.2) is 0 Å². The predicted molar refractivity (Wildman–Crippen MR) is 81.3 cm³/mol. The average Bonchev–Trinajstić information content (AvgIpc) is 2.82. The van der Waals surface area contributed by atoms with E-state index in [0.717, 1.165) is 22.4 Å². The van der Waals surface area contributed by atoms with Crippen LogP contribution in [-0.2, 0) is 0 Å². The molecule has 0 spiro atoms. The van der Waals surface area contributed by atoms with Gasteiger partial charge in [0.05, 0.1) is 15.9 Å². The number of nitrogen functional groups attached to an aromatic ring is 1. The van der Waals surface area contributed by atoms with Crippen molar-refractivity contribution in [1.29, 1.82) is 0 Å². The van der Waals surface area contributed by atoms with Gasteiger partial charge in [-0.05, 0) is 30.9 Å². The van der Waals surface area contributed by atoms with E-state index >= 15 is 0 Å². The van der Waals surface area contributed by atoms with Crippen molar-refractivity contribution in [3.63, 3.8) is 0 Å². The van der Waals surface area contributed by atoms with Gasteiger partial charge < -0.3 is 5.73 Å². The van der Waals surface area contributed by atoms with Crippen LogP contribution in [0.3, 0.4) is 0 Å². The Morgan fingerprint density at radius 2 is 2.28 bits per heavy atom. The summed E-state index contributed by atoms with van der Waals surface area (Å²) in [6.45, 7) is 2.36. The molecule has 2 unspecified atom stereocenters. The lowest BCUT2D eigenvalue weighted by Crippen LogP contribution is -2.15. The monoisotopic (exact) mass is 278 g/mol. The maximum absolute atomic E-state index is 6.24. The summed E-state index contributed by atoms with van der Waals surface area (Å²) < 4.78 is 1.19. The van der Waals surface area contributed by atoms with Crippen LogP contribution in [0.15, 0.2) is 22.5 Å². The van der Waals surface area contributed by atoms with Crippen molar-refractivity contribution in [2.24, 2.45) is 5.92 Å². The second-order valence-corrected chi connectivity index (χ2v) is 7.42. The third-order valence-electron chi connectivity index (χ3n) is 3.68. The molecule has 1 saturated carbocycles. The number of hydrogen-bond donors (Lipinski definition) is 1. The highest BCUT2D eigenvalue weighted by Crippen LogP contribution is 2.40. The van der Waals surface area contributed by atoms with Crippen LogP contribution in [0.1, 0.15) is 32.6 Å². The summed E-state index contributed by atoms with van der Waals surface area (Å²) in [7, 11) is 0. The van der Waals surface area contributed by atoms with Crippen LogP contribution >= 0.6 is 23.1 Å². The number of benzene rings is 1. The van der Waals surface area contributed by atoms with E-state index in [1.165, 1.54) is 35.3 Å². The molecule has 0 saturated heterocycles. The van der Waals surface area contributed by atoms with E-state index in [-0.39, 0.29) is 0 Å². The zero-order valence-electron chi connectivity index (χ0n) is 10.6. The Morgan fingerprint density at radius 1 is 1.39 bits per heavy atom. The van der Waals surface area contributed by atoms with E-state index in [4.69, 9.17) is 5.73 Å². The van der Waals surface area contributed by atoms with Crippen molar-refractivity contribution in [2.75, 3.05) is 5.73 Å². The van der Waals surface area contributed by atoms with Gasteiger partial charge in [-0.25, -0.2) is 4.98 Å². The Morgan fingerprint density at radius 3 is 3.11 bits per heavy atom. The standard InChI is InChI=1S/C14H18N2S2/c1-9-3-2-4-10(7-9)18-11-5-6-12-14(13(11)15)16-8-17-12/h5-6,8-10H,2-4,7,15H2,1H3. The first-order chi connectivity index (χ1) is 8.74. The van der Waals surface area contributed by atoms with Crippen LogP contribution in [0.25, 0.3) is 10.2 Å². The molecule has 1 aromatic heterocycles. The van der Waals surface area contributed by atoms with Crippen molar-refractivity contribution in [3.8, 4) is 0 Å². The molecule has 2 aromatic rings. The van der Waals surface area contributed by atoms with Crippen molar-refractivity contribution in [3.05, 3.63) is 17.6 Å². The van der Waals surface area contributed by atoms with Crippen molar-refractivity contribution in [2.45, 2.75) is 42.8 Å². The van der Waals surface area contributed by atoms with Crippen LogP contribution in [0.4, 0.5) is 5.69 Å². The molecule has 1 heterocycles. The highest BCUT2D eigenvalue weighted by molar-refractivity contribution is 8.00. The molecule has 0 amide bonds. The Balaban J connectivity index is 1.83. The molecule has 2 N–H and O–H groups in total. The number of nitrogens with zero attached hydrogens (tertiary/aromatic N) is 1. The smallest absolute Gasteiger partial charge is 0.105 e. The minimum atomic E-state index is 0.729. The highest BCUT2D eigenvalue weighted by atomic mass is 32.2. The zero-order chi connectivity index (χ0) is 12.5.